The van der Waals surface area contributed by atoms with E-state index < -0.39 is 0 Å². The van der Waals surface area contributed by atoms with Crippen molar-refractivity contribution in [2.24, 2.45) is 0 Å². The van der Waals surface area contributed by atoms with Gasteiger partial charge in [-0.15, -0.1) is 4.57 Å². The number of hydrogen-bond acceptors (Lipinski definition) is 3. The first-order valence-corrected chi connectivity index (χ1v) is 7.92. The van der Waals surface area contributed by atoms with Crippen LogP contribution in [0.15, 0.2) is 54.6 Å². The smallest absolute Gasteiger partial charge is 0.260 e. The second-order valence-electron chi connectivity index (χ2n) is 6.14. The predicted molar refractivity (Wildman–Crippen MR) is 99.1 cm³/mol. The molecule has 1 aromatic heterocycles. The summed E-state index contributed by atoms with van der Waals surface area (Å²) in [6, 6.07) is 18.2. The Balaban J connectivity index is 0.00000182. The van der Waals surface area contributed by atoms with Gasteiger partial charge in [-0.3, -0.25) is 0 Å². The first-order chi connectivity index (χ1) is 11.6. The van der Waals surface area contributed by atoms with Crippen molar-refractivity contribution in [3.63, 3.8) is 0 Å². The Morgan fingerprint density at radius 1 is 0.840 bits per heavy atom. The highest BCUT2D eigenvalue weighted by atomic mass is 35.5. The van der Waals surface area contributed by atoms with Gasteiger partial charge in [0.2, 0.25) is 11.2 Å². The summed E-state index contributed by atoms with van der Waals surface area (Å²) in [5, 5.41) is 0. The summed E-state index contributed by atoms with van der Waals surface area (Å²) in [6.45, 7) is 4.01. The van der Waals surface area contributed by atoms with E-state index in [1.165, 1.54) is 0 Å². The number of fused-ring (bicyclic) bond motifs is 2. The lowest BCUT2D eigenvalue weighted by molar-refractivity contribution is -0.537. The van der Waals surface area contributed by atoms with E-state index in [1.807, 2.05) is 56.3 Å². The van der Waals surface area contributed by atoms with Crippen molar-refractivity contribution in [2.75, 3.05) is 11.5 Å². The molecule has 4 nitrogen and oxygen atoms in total. The molecule has 0 aliphatic carbocycles. The molecule has 0 fully saturated rings. The quantitative estimate of drug-likeness (QED) is 0.297. The van der Waals surface area contributed by atoms with Crippen LogP contribution in [0.2, 0.25) is 0 Å². The van der Waals surface area contributed by atoms with Crippen molar-refractivity contribution in [3.05, 3.63) is 65.7 Å². The number of halogens is 1. The van der Waals surface area contributed by atoms with Crippen molar-refractivity contribution >= 4 is 33.4 Å². The number of nitrogen functional groups attached to an aromatic ring is 2. The molecule has 1 heterocycles. The fraction of sp³-hybridized carbons (Fsp3) is 0.100. The van der Waals surface area contributed by atoms with Gasteiger partial charge < -0.3 is 23.9 Å². The SMILES string of the molecule is Cc1cc2nc3ccc(C)c(N)c3[n+](-c3ccccc3)c2cc1N.[Cl-]. The molecule has 0 amide bonds. The van der Waals surface area contributed by atoms with Crippen molar-refractivity contribution < 1.29 is 17.0 Å². The maximum atomic E-state index is 6.42. The maximum Gasteiger partial charge on any atom is 0.260 e. The number of anilines is 2. The van der Waals surface area contributed by atoms with Crippen LogP contribution in [-0.4, -0.2) is 4.98 Å². The highest BCUT2D eigenvalue weighted by Gasteiger charge is 2.23. The van der Waals surface area contributed by atoms with E-state index in [9.17, 15) is 0 Å². The maximum absolute atomic E-state index is 6.42. The molecule has 3 aromatic carbocycles. The van der Waals surface area contributed by atoms with Gasteiger partial charge in [0.05, 0.1) is 0 Å². The normalized spacial score (nSPS) is 10.8. The molecule has 0 saturated carbocycles. The molecule has 0 aliphatic rings. The van der Waals surface area contributed by atoms with Crippen LogP contribution in [0.1, 0.15) is 11.1 Å². The summed E-state index contributed by atoms with van der Waals surface area (Å²) in [5.41, 5.74) is 20.8. The first kappa shape index (κ1) is 17.0. The molecule has 5 heteroatoms. The molecule has 4 rings (SSSR count). The molecule has 0 bridgehead atoms. The monoisotopic (exact) mass is 350 g/mol. The molecule has 0 aliphatic heterocycles. The van der Waals surface area contributed by atoms with Crippen LogP contribution >= 0.6 is 0 Å². The van der Waals surface area contributed by atoms with Gasteiger partial charge in [-0.1, -0.05) is 24.3 Å². The second kappa shape index (κ2) is 6.22. The molecule has 0 radical (unpaired) electrons. The lowest BCUT2D eigenvalue weighted by atomic mass is 10.1. The van der Waals surface area contributed by atoms with Gasteiger partial charge in [-0.2, -0.15) is 0 Å². The number of hydrogen-bond donors (Lipinski definition) is 2. The Bertz CT molecular complexity index is 1090. The minimum absolute atomic E-state index is 0. The van der Waals surface area contributed by atoms with Crippen LogP contribution in [0.25, 0.3) is 27.8 Å². The zero-order valence-corrected chi connectivity index (χ0v) is 14.9. The predicted octanol–water partition coefficient (Wildman–Crippen LogP) is 0.450. The fourth-order valence-corrected chi connectivity index (χ4v) is 3.08. The number of aryl methyl sites for hydroxylation is 2. The third kappa shape index (κ3) is 2.65. The number of nitrogens with two attached hydrogens (primary N) is 2. The third-order valence-corrected chi connectivity index (χ3v) is 4.50. The van der Waals surface area contributed by atoms with Crippen LogP contribution < -0.4 is 28.4 Å². The molecular formula is C20H19ClN4. The molecule has 0 spiro atoms. The summed E-state index contributed by atoms with van der Waals surface area (Å²) in [5.74, 6) is 0. The van der Waals surface area contributed by atoms with Crippen LogP contribution in [0.3, 0.4) is 0 Å². The molecule has 0 atom stereocenters. The van der Waals surface area contributed by atoms with E-state index in [0.717, 1.165) is 50.3 Å². The fourth-order valence-electron chi connectivity index (χ4n) is 3.08. The van der Waals surface area contributed by atoms with E-state index in [4.69, 9.17) is 16.5 Å². The lowest BCUT2D eigenvalue weighted by Gasteiger charge is -2.09. The van der Waals surface area contributed by atoms with E-state index in [-0.39, 0.29) is 12.4 Å². The number of para-hydroxylation sites is 1. The van der Waals surface area contributed by atoms with Crippen LogP contribution in [-0.2, 0) is 0 Å². The summed E-state index contributed by atoms with van der Waals surface area (Å²) in [6.07, 6.45) is 0. The number of benzene rings is 3. The second-order valence-corrected chi connectivity index (χ2v) is 6.14. The molecule has 126 valence electrons. The van der Waals surface area contributed by atoms with E-state index in [0.29, 0.717) is 0 Å². The van der Waals surface area contributed by atoms with E-state index >= 15 is 0 Å². The van der Waals surface area contributed by atoms with Gasteiger partial charge in [0.15, 0.2) is 0 Å². The van der Waals surface area contributed by atoms with Gasteiger partial charge in [-0.05, 0) is 37.1 Å². The Labute approximate surface area is 152 Å². The number of aromatic nitrogens is 2. The molecule has 4 N–H and O–H groups in total. The summed E-state index contributed by atoms with van der Waals surface area (Å²) < 4.78 is 2.15. The average Bonchev–Trinajstić information content (AvgIpc) is 2.59. The Hall–Kier alpha value is -2.85. The van der Waals surface area contributed by atoms with Crippen molar-refractivity contribution in [1.29, 1.82) is 0 Å². The minimum Gasteiger partial charge on any atom is -1.00 e. The van der Waals surface area contributed by atoms with Crippen molar-refractivity contribution in [1.82, 2.24) is 4.98 Å². The zero-order valence-electron chi connectivity index (χ0n) is 14.1. The summed E-state index contributed by atoms with van der Waals surface area (Å²) in [4.78, 5) is 4.81. The van der Waals surface area contributed by atoms with Gasteiger partial charge in [0.25, 0.3) is 5.52 Å². The van der Waals surface area contributed by atoms with Crippen molar-refractivity contribution in [3.8, 4) is 5.69 Å². The van der Waals surface area contributed by atoms with E-state index in [1.54, 1.807) is 0 Å². The Morgan fingerprint density at radius 3 is 2.28 bits per heavy atom. The largest absolute Gasteiger partial charge is 1.00 e. The average molecular weight is 351 g/mol. The van der Waals surface area contributed by atoms with Crippen LogP contribution in [0.5, 0.6) is 0 Å². The minimum atomic E-state index is 0. The molecule has 4 aromatic rings. The summed E-state index contributed by atoms with van der Waals surface area (Å²) >= 11 is 0. The molecule has 0 unspecified atom stereocenters. The van der Waals surface area contributed by atoms with Crippen LogP contribution in [0, 0.1) is 13.8 Å². The van der Waals surface area contributed by atoms with Gasteiger partial charge in [0, 0.05) is 23.9 Å². The Morgan fingerprint density at radius 2 is 1.56 bits per heavy atom. The Kier molecular flexibility index (Phi) is 4.23. The van der Waals surface area contributed by atoms with Gasteiger partial charge in [0.1, 0.15) is 16.7 Å². The molecule has 25 heavy (non-hydrogen) atoms. The number of nitrogens with zero attached hydrogens (tertiary/aromatic N) is 2. The zero-order chi connectivity index (χ0) is 16.8. The van der Waals surface area contributed by atoms with E-state index in [2.05, 4.69) is 16.7 Å². The van der Waals surface area contributed by atoms with Crippen molar-refractivity contribution in [2.45, 2.75) is 13.8 Å². The molecular weight excluding hydrogens is 332 g/mol. The van der Waals surface area contributed by atoms with Crippen LogP contribution in [0.4, 0.5) is 11.4 Å². The standard InChI is InChI=1S/C20H18N4.ClH/c1-12-8-9-16-20(19(12)22)24(14-6-4-3-5-7-14)18-11-15(21)13(2)10-17(18)23-16;/h3-11,21H,22H2,1-2H3;1H. The van der Waals surface area contributed by atoms with Gasteiger partial charge >= 0.3 is 0 Å². The first-order valence-electron chi connectivity index (χ1n) is 7.92. The molecule has 0 saturated heterocycles. The third-order valence-electron chi connectivity index (χ3n) is 4.50. The summed E-state index contributed by atoms with van der Waals surface area (Å²) in [7, 11) is 0. The highest BCUT2D eigenvalue weighted by Crippen LogP contribution is 2.26. The topological polar surface area (TPSA) is 68.8 Å². The lowest BCUT2D eigenvalue weighted by Crippen LogP contribution is -3.00. The van der Waals surface area contributed by atoms with Gasteiger partial charge in [-0.25, -0.2) is 4.98 Å². The number of rotatable bonds is 1. The highest BCUT2D eigenvalue weighted by molar-refractivity contribution is 5.91.